The van der Waals surface area contributed by atoms with Crippen molar-refractivity contribution in [3.63, 3.8) is 0 Å². The van der Waals surface area contributed by atoms with Gasteiger partial charge in [0.25, 0.3) is 15.9 Å². The Balaban J connectivity index is 1.67. The van der Waals surface area contributed by atoms with Crippen molar-refractivity contribution in [3.05, 3.63) is 82.7 Å². The maximum Gasteiger partial charge on any atom is 0.262 e. The molecule has 0 aliphatic rings. The highest BCUT2D eigenvalue weighted by atomic mass is 32.2. The minimum Gasteiger partial charge on any atom is -0.483 e. The zero-order valence-electron chi connectivity index (χ0n) is 18.3. The molecule has 0 aliphatic carbocycles. The summed E-state index contributed by atoms with van der Waals surface area (Å²) >= 11 is 0. The minimum atomic E-state index is -3.78. The Kier molecular flexibility index (Phi) is 6.84. The van der Waals surface area contributed by atoms with Gasteiger partial charge < -0.3 is 10.1 Å². The number of carbonyl (C=O) groups is 1. The number of sulfonamides is 1. The predicted molar refractivity (Wildman–Crippen MR) is 123 cm³/mol. The number of aryl methyl sites for hydroxylation is 4. The van der Waals surface area contributed by atoms with Crippen molar-refractivity contribution in [2.75, 3.05) is 16.6 Å². The summed E-state index contributed by atoms with van der Waals surface area (Å²) < 4.78 is 47.0. The Morgan fingerprint density at radius 2 is 1.59 bits per heavy atom. The van der Waals surface area contributed by atoms with Gasteiger partial charge in [-0.05, 0) is 92.4 Å². The topological polar surface area (TPSA) is 84.5 Å². The largest absolute Gasteiger partial charge is 0.483 e. The molecule has 0 saturated heterocycles. The SMILES string of the molecule is Cc1ccc(NS(=O)(=O)c2ccc(OCC(=O)Nc3cc(F)ccc3C)c(C)c2)cc1C. The highest BCUT2D eigenvalue weighted by Crippen LogP contribution is 2.24. The number of benzene rings is 3. The number of hydrogen-bond acceptors (Lipinski definition) is 4. The molecule has 3 rings (SSSR count). The molecule has 0 spiro atoms. The lowest BCUT2D eigenvalue weighted by atomic mass is 10.1. The second-order valence-corrected chi connectivity index (χ2v) is 9.31. The van der Waals surface area contributed by atoms with Gasteiger partial charge in [-0.3, -0.25) is 9.52 Å². The molecular formula is C24H25FN2O4S. The lowest BCUT2D eigenvalue weighted by Crippen LogP contribution is -2.21. The Bertz CT molecular complexity index is 1270. The van der Waals surface area contributed by atoms with Crippen LogP contribution in [0.4, 0.5) is 15.8 Å². The number of amides is 1. The van der Waals surface area contributed by atoms with Crippen molar-refractivity contribution in [1.82, 2.24) is 0 Å². The molecule has 2 N–H and O–H groups in total. The van der Waals surface area contributed by atoms with Crippen LogP contribution in [0.1, 0.15) is 22.3 Å². The number of rotatable bonds is 7. The fourth-order valence-corrected chi connectivity index (χ4v) is 4.16. The number of hydrogen-bond donors (Lipinski definition) is 2. The van der Waals surface area contributed by atoms with E-state index in [4.69, 9.17) is 4.74 Å². The number of nitrogens with one attached hydrogen (secondary N) is 2. The average Bonchev–Trinajstić information content (AvgIpc) is 2.72. The zero-order valence-corrected chi connectivity index (χ0v) is 19.1. The van der Waals surface area contributed by atoms with Gasteiger partial charge in [-0.25, -0.2) is 12.8 Å². The third-order valence-corrected chi connectivity index (χ3v) is 6.43. The van der Waals surface area contributed by atoms with E-state index in [0.717, 1.165) is 16.7 Å². The standard InChI is InChI=1S/C24H25FN2O4S/c1-15-6-8-20(11-17(15)3)27-32(29,30)21-9-10-23(18(4)12-21)31-14-24(28)26-22-13-19(25)7-5-16(22)2/h5-13,27H,14H2,1-4H3,(H,26,28). The summed E-state index contributed by atoms with van der Waals surface area (Å²) in [5.74, 6) is -0.527. The molecule has 0 atom stereocenters. The molecule has 3 aromatic rings. The maximum atomic E-state index is 13.4. The van der Waals surface area contributed by atoms with Gasteiger partial charge in [0, 0.05) is 11.4 Å². The van der Waals surface area contributed by atoms with Crippen LogP contribution < -0.4 is 14.8 Å². The van der Waals surface area contributed by atoms with Crippen LogP contribution in [0.2, 0.25) is 0 Å². The van der Waals surface area contributed by atoms with Crippen molar-refractivity contribution in [2.45, 2.75) is 32.6 Å². The van der Waals surface area contributed by atoms with Gasteiger partial charge >= 0.3 is 0 Å². The molecule has 0 fully saturated rings. The van der Waals surface area contributed by atoms with E-state index in [-0.39, 0.29) is 11.5 Å². The van der Waals surface area contributed by atoms with E-state index in [1.54, 1.807) is 32.0 Å². The van der Waals surface area contributed by atoms with Crippen LogP contribution in [0.25, 0.3) is 0 Å². The van der Waals surface area contributed by atoms with E-state index < -0.39 is 21.7 Å². The smallest absolute Gasteiger partial charge is 0.262 e. The van der Waals surface area contributed by atoms with Gasteiger partial charge in [0.2, 0.25) is 0 Å². The molecule has 0 aromatic heterocycles. The molecule has 0 radical (unpaired) electrons. The summed E-state index contributed by atoms with van der Waals surface area (Å²) in [6.07, 6.45) is 0. The maximum absolute atomic E-state index is 13.4. The molecule has 0 bridgehead atoms. The van der Waals surface area contributed by atoms with Gasteiger partial charge in [0.15, 0.2) is 6.61 Å². The van der Waals surface area contributed by atoms with Gasteiger partial charge in [-0.15, -0.1) is 0 Å². The molecule has 8 heteroatoms. The third kappa shape index (κ3) is 5.64. The van der Waals surface area contributed by atoms with E-state index in [1.165, 1.54) is 30.3 Å². The summed E-state index contributed by atoms with van der Waals surface area (Å²) in [7, 11) is -3.78. The Hall–Kier alpha value is -3.39. The van der Waals surface area contributed by atoms with E-state index in [9.17, 15) is 17.6 Å². The van der Waals surface area contributed by atoms with Crippen LogP contribution in [0.3, 0.4) is 0 Å². The molecule has 3 aromatic carbocycles. The van der Waals surface area contributed by atoms with Crippen molar-refractivity contribution in [3.8, 4) is 5.75 Å². The van der Waals surface area contributed by atoms with Crippen LogP contribution in [0.5, 0.6) is 5.75 Å². The van der Waals surface area contributed by atoms with Crippen LogP contribution in [0.15, 0.2) is 59.5 Å². The molecule has 1 amide bonds. The van der Waals surface area contributed by atoms with Crippen LogP contribution in [0, 0.1) is 33.5 Å². The lowest BCUT2D eigenvalue weighted by Gasteiger charge is -2.13. The molecule has 168 valence electrons. The first kappa shape index (κ1) is 23.3. The minimum absolute atomic E-state index is 0.0837. The first-order chi connectivity index (χ1) is 15.0. The van der Waals surface area contributed by atoms with E-state index in [2.05, 4.69) is 10.0 Å². The second-order valence-electron chi connectivity index (χ2n) is 7.63. The fourth-order valence-electron chi connectivity index (χ4n) is 3.03. The monoisotopic (exact) mass is 456 g/mol. The Morgan fingerprint density at radius 3 is 2.28 bits per heavy atom. The summed E-state index contributed by atoms with van der Waals surface area (Å²) in [5, 5.41) is 2.60. The zero-order chi connectivity index (χ0) is 23.5. The van der Waals surface area contributed by atoms with Crippen LogP contribution in [-0.4, -0.2) is 20.9 Å². The van der Waals surface area contributed by atoms with E-state index in [0.29, 0.717) is 22.7 Å². The molecule has 0 heterocycles. The molecule has 6 nitrogen and oxygen atoms in total. The van der Waals surface area contributed by atoms with Gasteiger partial charge in [0.05, 0.1) is 4.90 Å². The summed E-state index contributed by atoms with van der Waals surface area (Å²) in [6, 6.07) is 13.9. The highest BCUT2D eigenvalue weighted by Gasteiger charge is 2.17. The van der Waals surface area contributed by atoms with Crippen LogP contribution >= 0.6 is 0 Å². The molecule has 0 saturated carbocycles. The van der Waals surface area contributed by atoms with Gasteiger partial charge in [-0.2, -0.15) is 0 Å². The first-order valence-corrected chi connectivity index (χ1v) is 11.4. The van der Waals surface area contributed by atoms with Crippen molar-refractivity contribution in [1.29, 1.82) is 0 Å². The first-order valence-electron chi connectivity index (χ1n) is 9.95. The summed E-state index contributed by atoms with van der Waals surface area (Å²) in [5.41, 5.74) is 4.19. The molecule has 0 unspecified atom stereocenters. The normalized spacial score (nSPS) is 11.2. The third-order valence-electron chi connectivity index (χ3n) is 5.05. The number of halogens is 1. The Labute approximate surface area is 187 Å². The van der Waals surface area contributed by atoms with Gasteiger partial charge in [0.1, 0.15) is 11.6 Å². The van der Waals surface area contributed by atoms with Crippen molar-refractivity contribution in [2.24, 2.45) is 0 Å². The Morgan fingerprint density at radius 1 is 0.875 bits per heavy atom. The van der Waals surface area contributed by atoms with Crippen LogP contribution in [-0.2, 0) is 14.8 Å². The number of anilines is 2. The number of ether oxygens (including phenoxy) is 1. The van der Waals surface area contributed by atoms with Crippen molar-refractivity contribution >= 4 is 27.3 Å². The average molecular weight is 457 g/mol. The second kappa shape index (κ2) is 9.40. The van der Waals surface area contributed by atoms with E-state index >= 15 is 0 Å². The van der Waals surface area contributed by atoms with E-state index in [1.807, 2.05) is 19.9 Å². The molecule has 0 aliphatic heterocycles. The highest BCUT2D eigenvalue weighted by molar-refractivity contribution is 7.92. The summed E-state index contributed by atoms with van der Waals surface area (Å²) in [4.78, 5) is 12.3. The number of carbonyl (C=O) groups excluding carboxylic acids is 1. The fraction of sp³-hybridized carbons (Fsp3) is 0.208. The van der Waals surface area contributed by atoms with Crippen molar-refractivity contribution < 1.29 is 22.3 Å². The predicted octanol–water partition coefficient (Wildman–Crippen LogP) is 4.88. The molecule has 32 heavy (non-hydrogen) atoms. The summed E-state index contributed by atoms with van der Waals surface area (Å²) in [6.45, 7) is 7.01. The van der Waals surface area contributed by atoms with Gasteiger partial charge in [-0.1, -0.05) is 12.1 Å². The lowest BCUT2D eigenvalue weighted by molar-refractivity contribution is -0.118. The molecular weight excluding hydrogens is 431 g/mol. The quantitative estimate of drug-likeness (QED) is 0.531.